The number of ether oxygens (including phenoxy) is 1. The molecule has 0 bridgehead atoms. The van der Waals surface area contributed by atoms with Crippen molar-refractivity contribution in [3.63, 3.8) is 0 Å². The largest absolute Gasteiger partial charge is 0.379 e. The summed E-state index contributed by atoms with van der Waals surface area (Å²) in [6.45, 7) is 4.68. The second-order valence-electron chi connectivity index (χ2n) is 4.35. The molecule has 0 aliphatic carbocycles. The molecule has 0 saturated carbocycles. The van der Waals surface area contributed by atoms with Crippen LogP contribution in [0.1, 0.15) is 0 Å². The molecule has 0 atom stereocenters. The summed E-state index contributed by atoms with van der Waals surface area (Å²) in [5.74, 6) is -0.460. The lowest BCUT2D eigenvalue weighted by molar-refractivity contribution is -0.111. The number of benzene rings is 1. The van der Waals surface area contributed by atoms with Gasteiger partial charge in [0.25, 0.3) is 0 Å². The zero-order valence-corrected chi connectivity index (χ0v) is 12.8. The maximum Gasteiger partial charge on any atom is 0.247 e. The van der Waals surface area contributed by atoms with Crippen molar-refractivity contribution in [1.29, 1.82) is 0 Å². The minimum atomic E-state index is -3.63. The molecular formula is C13H15ClN2O4S. The number of sulfonamides is 1. The number of hydrogen-bond acceptors (Lipinski definition) is 4. The summed E-state index contributed by atoms with van der Waals surface area (Å²) in [5.41, 5.74) is 0.232. The maximum atomic E-state index is 12.5. The number of amides is 1. The third-order valence-corrected chi connectivity index (χ3v) is 5.21. The van der Waals surface area contributed by atoms with E-state index in [1.807, 2.05) is 0 Å². The molecule has 0 unspecified atom stereocenters. The van der Waals surface area contributed by atoms with Crippen LogP contribution in [0.2, 0.25) is 5.02 Å². The van der Waals surface area contributed by atoms with Crippen molar-refractivity contribution in [3.8, 4) is 0 Å². The Hall–Kier alpha value is -1.41. The Morgan fingerprint density at radius 3 is 2.67 bits per heavy atom. The topological polar surface area (TPSA) is 75.7 Å². The number of hydrogen-bond donors (Lipinski definition) is 1. The first kappa shape index (κ1) is 16.0. The molecule has 1 saturated heterocycles. The number of morpholine rings is 1. The van der Waals surface area contributed by atoms with Crippen LogP contribution in [0.15, 0.2) is 35.7 Å². The molecule has 1 fully saturated rings. The van der Waals surface area contributed by atoms with Crippen LogP contribution < -0.4 is 5.32 Å². The summed E-state index contributed by atoms with van der Waals surface area (Å²) in [7, 11) is -3.63. The molecule has 2 rings (SSSR count). The summed E-state index contributed by atoms with van der Waals surface area (Å²) in [6.07, 6.45) is 1.08. The molecule has 8 heteroatoms. The van der Waals surface area contributed by atoms with Crippen LogP contribution in [-0.2, 0) is 19.6 Å². The van der Waals surface area contributed by atoms with E-state index in [1.54, 1.807) is 0 Å². The van der Waals surface area contributed by atoms with Gasteiger partial charge in [-0.1, -0.05) is 18.2 Å². The van der Waals surface area contributed by atoms with Gasteiger partial charge in [0.1, 0.15) is 0 Å². The molecule has 0 spiro atoms. The maximum absolute atomic E-state index is 12.5. The Kier molecular flexibility index (Phi) is 5.00. The van der Waals surface area contributed by atoms with Gasteiger partial charge < -0.3 is 10.1 Å². The number of carbonyl (C=O) groups excluding carboxylic acids is 1. The Balaban J connectivity index is 2.32. The molecule has 114 valence electrons. The number of halogens is 1. The van der Waals surface area contributed by atoms with E-state index in [1.165, 1.54) is 22.5 Å². The van der Waals surface area contributed by atoms with Gasteiger partial charge in [0.05, 0.1) is 28.8 Å². The van der Waals surface area contributed by atoms with Crippen LogP contribution in [0.25, 0.3) is 0 Å². The van der Waals surface area contributed by atoms with Gasteiger partial charge in [0.15, 0.2) is 0 Å². The number of nitrogens with zero attached hydrogens (tertiary/aromatic N) is 1. The van der Waals surface area contributed by atoms with Crippen LogP contribution in [-0.4, -0.2) is 44.9 Å². The van der Waals surface area contributed by atoms with E-state index in [2.05, 4.69) is 11.9 Å². The molecule has 1 aromatic rings. The molecule has 21 heavy (non-hydrogen) atoms. The number of anilines is 1. The molecule has 1 amide bonds. The molecule has 6 nitrogen and oxygen atoms in total. The lowest BCUT2D eigenvalue weighted by atomic mass is 10.3. The lowest BCUT2D eigenvalue weighted by Gasteiger charge is -2.26. The molecule has 1 heterocycles. The van der Waals surface area contributed by atoms with Gasteiger partial charge in [0, 0.05) is 13.1 Å². The van der Waals surface area contributed by atoms with Crippen LogP contribution in [0.5, 0.6) is 0 Å². The molecule has 1 aliphatic rings. The van der Waals surface area contributed by atoms with E-state index in [0.29, 0.717) is 26.3 Å². The van der Waals surface area contributed by atoms with Crippen molar-refractivity contribution < 1.29 is 17.9 Å². The quantitative estimate of drug-likeness (QED) is 0.849. The standard InChI is InChI=1S/C13H15ClN2O4S/c1-2-13(17)15-12-9-10(3-4-11(12)14)21(18,19)16-5-7-20-8-6-16/h2-4,9H,1,5-8H2,(H,15,17). The zero-order valence-electron chi connectivity index (χ0n) is 11.2. The fraction of sp³-hybridized carbons (Fsp3) is 0.308. The molecule has 0 radical (unpaired) electrons. The van der Waals surface area contributed by atoms with E-state index >= 15 is 0 Å². The molecule has 1 aromatic carbocycles. The van der Waals surface area contributed by atoms with Crippen molar-refractivity contribution in [1.82, 2.24) is 4.31 Å². The third-order valence-electron chi connectivity index (χ3n) is 2.99. The zero-order chi connectivity index (χ0) is 15.5. The summed E-state index contributed by atoms with van der Waals surface area (Å²) >= 11 is 5.96. The van der Waals surface area contributed by atoms with Gasteiger partial charge in [-0.15, -0.1) is 0 Å². The van der Waals surface area contributed by atoms with E-state index in [0.717, 1.165) is 6.08 Å². The monoisotopic (exact) mass is 330 g/mol. The molecule has 1 aliphatic heterocycles. The summed E-state index contributed by atoms with van der Waals surface area (Å²) in [4.78, 5) is 11.4. The molecule has 1 N–H and O–H groups in total. The Labute approximate surface area is 128 Å². The Morgan fingerprint density at radius 1 is 1.38 bits per heavy atom. The van der Waals surface area contributed by atoms with Crippen LogP contribution in [0.4, 0.5) is 5.69 Å². The number of carbonyl (C=O) groups is 1. The first-order valence-corrected chi connectivity index (χ1v) is 8.08. The first-order chi connectivity index (χ1) is 9.95. The predicted octanol–water partition coefficient (Wildman–Crippen LogP) is 1.49. The Morgan fingerprint density at radius 2 is 2.05 bits per heavy atom. The number of rotatable bonds is 4. The highest BCUT2D eigenvalue weighted by Crippen LogP contribution is 2.27. The highest BCUT2D eigenvalue weighted by molar-refractivity contribution is 7.89. The van der Waals surface area contributed by atoms with Gasteiger partial charge in [0.2, 0.25) is 15.9 Å². The molecule has 0 aromatic heterocycles. The van der Waals surface area contributed by atoms with Crippen LogP contribution in [0, 0.1) is 0 Å². The first-order valence-electron chi connectivity index (χ1n) is 6.26. The Bertz CT molecular complexity index is 654. The molecular weight excluding hydrogens is 316 g/mol. The van der Waals surface area contributed by atoms with Crippen molar-refractivity contribution in [2.75, 3.05) is 31.6 Å². The van der Waals surface area contributed by atoms with Crippen molar-refractivity contribution in [3.05, 3.63) is 35.9 Å². The van der Waals surface area contributed by atoms with E-state index in [9.17, 15) is 13.2 Å². The van der Waals surface area contributed by atoms with Crippen molar-refractivity contribution in [2.24, 2.45) is 0 Å². The van der Waals surface area contributed by atoms with Gasteiger partial charge in [-0.2, -0.15) is 4.31 Å². The van der Waals surface area contributed by atoms with Gasteiger partial charge >= 0.3 is 0 Å². The fourth-order valence-corrected chi connectivity index (χ4v) is 3.48. The second-order valence-corrected chi connectivity index (χ2v) is 6.70. The smallest absolute Gasteiger partial charge is 0.247 e. The van der Waals surface area contributed by atoms with Crippen LogP contribution >= 0.6 is 11.6 Å². The van der Waals surface area contributed by atoms with E-state index < -0.39 is 15.9 Å². The summed E-state index contributed by atoms with van der Waals surface area (Å²) in [6, 6.07) is 4.19. The normalized spacial score (nSPS) is 16.4. The SMILES string of the molecule is C=CC(=O)Nc1cc(S(=O)(=O)N2CCOCC2)ccc1Cl. The highest BCUT2D eigenvalue weighted by atomic mass is 35.5. The van der Waals surface area contributed by atoms with Crippen molar-refractivity contribution >= 4 is 33.2 Å². The van der Waals surface area contributed by atoms with E-state index in [4.69, 9.17) is 16.3 Å². The minimum Gasteiger partial charge on any atom is -0.379 e. The summed E-state index contributed by atoms with van der Waals surface area (Å²) in [5, 5.41) is 2.73. The predicted molar refractivity (Wildman–Crippen MR) is 79.9 cm³/mol. The highest BCUT2D eigenvalue weighted by Gasteiger charge is 2.26. The number of nitrogens with one attached hydrogen (secondary N) is 1. The average molecular weight is 331 g/mol. The van der Waals surface area contributed by atoms with Gasteiger partial charge in [-0.3, -0.25) is 4.79 Å². The lowest BCUT2D eigenvalue weighted by Crippen LogP contribution is -2.40. The third kappa shape index (κ3) is 3.62. The fourth-order valence-electron chi connectivity index (χ4n) is 1.88. The summed E-state index contributed by atoms with van der Waals surface area (Å²) < 4.78 is 31.5. The van der Waals surface area contributed by atoms with Crippen LogP contribution in [0.3, 0.4) is 0 Å². The average Bonchev–Trinajstić information content (AvgIpc) is 2.50. The van der Waals surface area contributed by atoms with Gasteiger partial charge in [-0.05, 0) is 24.3 Å². The second kappa shape index (κ2) is 6.57. The van der Waals surface area contributed by atoms with Crippen molar-refractivity contribution in [2.45, 2.75) is 4.90 Å². The van der Waals surface area contributed by atoms with Gasteiger partial charge in [-0.25, -0.2) is 8.42 Å². The van der Waals surface area contributed by atoms with E-state index in [-0.39, 0.29) is 15.6 Å². The minimum absolute atomic E-state index is 0.0770.